The van der Waals surface area contributed by atoms with Crippen LogP contribution in [0.15, 0.2) is 47.4 Å². The second-order valence-electron chi connectivity index (χ2n) is 4.75. The summed E-state index contributed by atoms with van der Waals surface area (Å²) in [6.07, 6.45) is 0. The summed E-state index contributed by atoms with van der Waals surface area (Å²) in [5.41, 5.74) is 7.66. The molecule has 2 rings (SSSR count). The third-order valence-electron chi connectivity index (χ3n) is 3.05. The topological polar surface area (TPSA) is 89.4 Å². The molecular formula is C14H16ClN3O2S. The van der Waals surface area contributed by atoms with Crippen LogP contribution in [-0.2, 0) is 16.6 Å². The summed E-state index contributed by atoms with van der Waals surface area (Å²) in [5.74, 6) is 0. The van der Waals surface area contributed by atoms with Gasteiger partial charge in [0.05, 0.1) is 4.90 Å². The summed E-state index contributed by atoms with van der Waals surface area (Å²) >= 11 is 6.12. The number of hydrogen-bond donors (Lipinski definition) is 2. The number of primary sulfonamides is 1. The van der Waals surface area contributed by atoms with E-state index in [4.69, 9.17) is 22.5 Å². The summed E-state index contributed by atoms with van der Waals surface area (Å²) in [5, 5.41) is 5.80. The highest BCUT2D eigenvalue weighted by Crippen LogP contribution is 2.25. The molecule has 0 amide bonds. The number of sulfonamides is 1. The molecule has 0 saturated carbocycles. The number of rotatable bonds is 4. The largest absolute Gasteiger partial charge is 0.399 e. The summed E-state index contributed by atoms with van der Waals surface area (Å²) in [6, 6.07) is 12.0. The van der Waals surface area contributed by atoms with Crippen LogP contribution >= 0.6 is 11.6 Å². The Morgan fingerprint density at radius 2 is 1.86 bits per heavy atom. The van der Waals surface area contributed by atoms with Crippen molar-refractivity contribution >= 4 is 33.0 Å². The lowest BCUT2D eigenvalue weighted by molar-refractivity contribution is 0.598. The first-order valence-electron chi connectivity index (χ1n) is 6.15. The van der Waals surface area contributed by atoms with Gasteiger partial charge >= 0.3 is 0 Å². The average Bonchev–Trinajstić information content (AvgIpc) is 2.39. The first-order valence-corrected chi connectivity index (χ1v) is 8.08. The summed E-state index contributed by atoms with van der Waals surface area (Å²) < 4.78 is 22.9. The lowest BCUT2D eigenvalue weighted by Crippen LogP contribution is -2.18. The third-order valence-corrected chi connectivity index (χ3v) is 4.31. The Morgan fingerprint density at radius 3 is 2.48 bits per heavy atom. The van der Waals surface area contributed by atoms with E-state index in [2.05, 4.69) is 0 Å². The van der Waals surface area contributed by atoms with E-state index in [1.54, 1.807) is 12.1 Å². The summed E-state index contributed by atoms with van der Waals surface area (Å²) in [7, 11) is -1.97. The van der Waals surface area contributed by atoms with Crippen molar-refractivity contribution < 1.29 is 8.42 Å². The highest BCUT2D eigenvalue weighted by Gasteiger charge is 2.12. The average molecular weight is 326 g/mol. The van der Waals surface area contributed by atoms with E-state index in [1.807, 2.05) is 30.1 Å². The fourth-order valence-electron chi connectivity index (χ4n) is 1.96. The quantitative estimate of drug-likeness (QED) is 0.843. The van der Waals surface area contributed by atoms with Gasteiger partial charge in [-0.15, -0.1) is 0 Å². The van der Waals surface area contributed by atoms with Crippen molar-refractivity contribution in [3.8, 4) is 0 Å². The predicted molar refractivity (Wildman–Crippen MR) is 85.8 cm³/mol. The van der Waals surface area contributed by atoms with Gasteiger partial charge < -0.3 is 10.6 Å². The van der Waals surface area contributed by atoms with Gasteiger partial charge in [0.15, 0.2) is 0 Å². The van der Waals surface area contributed by atoms with Crippen molar-refractivity contribution in [1.82, 2.24) is 0 Å². The summed E-state index contributed by atoms with van der Waals surface area (Å²) in [4.78, 5) is 1.84. The van der Waals surface area contributed by atoms with E-state index < -0.39 is 10.0 Å². The summed E-state index contributed by atoms with van der Waals surface area (Å²) in [6.45, 7) is 0.521. The molecule has 2 aromatic carbocycles. The molecule has 0 aromatic heterocycles. The molecule has 0 aliphatic heterocycles. The number of halogens is 1. The van der Waals surface area contributed by atoms with Gasteiger partial charge in [-0.1, -0.05) is 29.8 Å². The highest BCUT2D eigenvalue weighted by atomic mass is 35.5. The molecule has 0 heterocycles. The molecule has 0 unspecified atom stereocenters. The van der Waals surface area contributed by atoms with Gasteiger partial charge in [0.1, 0.15) is 0 Å². The number of nitrogen functional groups attached to an aromatic ring is 1. The Bertz CT molecular complexity index is 763. The van der Waals surface area contributed by atoms with E-state index >= 15 is 0 Å². The van der Waals surface area contributed by atoms with Crippen molar-refractivity contribution in [3.63, 3.8) is 0 Å². The molecule has 0 atom stereocenters. The molecule has 112 valence electrons. The molecule has 0 radical (unpaired) electrons. The van der Waals surface area contributed by atoms with E-state index in [0.717, 1.165) is 5.56 Å². The van der Waals surface area contributed by atoms with Gasteiger partial charge in [-0.05, 0) is 29.8 Å². The van der Waals surface area contributed by atoms with Crippen LogP contribution in [-0.4, -0.2) is 15.5 Å². The second kappa shape index (κ2) is 5.93. The minimum absolute atomic E-state index is 0.0106. The maximum absolute atomic E-state index is 11.5. The predicted octanol–water partition coefficient (Wildman–Crippen LogP) is 2.21. The Hall–Kier alpha value is -1.76. The first kappa shape index (κ1) is 15.6. The maximum Gasteiger partial charge on any atom is 0.238 e. The normalized spacial score (nSPS) is 11.4. The van der Waals surface area contributed by atoms with Crippen LogP contribution in [0.2, 0.25) is 5.02 Å². The van der Waals surface area contributed by atoms with E-state index in [0.29, 0.717) is 22.9 Å². The lowest BCUT2D eigenvalue weighted by Gasteiger charge is -2.21. The molecule has 0 saturated heterocycles. The van der Waals surface area contributed by atoms with Crippen molar-refractivity contribution in [2.45, 2.75) is 11.4 Å². The maximum atomic E-state index is 11.5. The van der Waals surface area contributed by atoms with E-state index in [9.17, 15) is 8.42 Å². The smallest absolute Gasteiger partial charge is 0.238 e. The fourth-order valence-corrected chi connectivity index (χ4v) is 2.74. The SMILES string of the molecule is CN(Cc1ccccc1Cl)c1cc(N)cc(S(N)(=O)=O)c1. The van der Waals surface area contributed by atoms with Gasteiger partial charge in [-0.3, -0.25) is 0 Å². The van der Waals surface area contributed by atoms with Crippen LogP contribution in [0, 0.1) is 0 Å². The van der Waals surface area contributed by atoms with Crippen molar-refractivity contribution in [2.24, 2.45) is 5.14 Å². The van der Waals surface area contributed by atoms with Crippen molar-refractivity contribution in [2.75, 3.05) is 17.7 Å². The van der Waals surface area contributed by atoms with Crippen LogP contribution in [0.5, 0.6) is 0 Å². The lowest BCUT2D eigenvalue weighted by atomic mass is 10.2. The highest BCUT2D eigenvalue weighted by molar-refractivity contribution is 7.89. The first-order chi connectivity index (χ1) is 9.77. The molecule has 0 fully saturated rings. The Labute approximate surface area is 129 Å². The zero-order valence-corrected chi connectivity index (χ0v) is 13.0. The van der Waals surface area contributed by atoms with Gasteiger partial charge in [0, 0.05) is 30.0 Å². The molecule has 7 heteroatoms. The van der Waals surface area contributed by atoms with E-state index in [1.165, 1.54) is 12.1 Å². The third kappa shape index (κ3) is 3.87. The number of nitrogens with two attached hydrogens (primary N) is 2. The van der Waals surface area contributed by atoms with Crippen LogP contribution in [0.1, 0.15) is 5.56 Å². The molecule has 0 aliphatic carbocycles. The van der Waals surface area contributed by atoms with Crippen LogP contribution in [0.25, 0.3) is 0 Å². The second-order valence-corrected chi connectivity index (χ2v) is 6.72. The molecule has 2 aromatic rings. The van der Waals surface area contributed by atoms with E-state index in [-0.39, 0.29) is 4.90 Å². The van der Waals surface area contributed by atoms with Crippen LogP contribution < -0.4 is 15.8 Å². The standard InChI is InChI=1S/C14H16ClN3O2S/c1-18(9-10-4-2-3-5-14(10)15)12-6-11(16)7-13(8-12)21(17,19)20/h2-8H,9,16H2,1H3,(H2,17,19,20). The molecular weight excluding hydrogens is 310 g/mol. The van der Waals surface area contributed by atoms with Crippen molar-refractivity contribution in [1.29, 1.82) is 0 Å². The van der Waals surface area contributed by atoms with Gasteiger partial charge in [-0.25, -0.2) is 13.6 Å². The Kier molecular flexibility index (Phi) is 4.41. The molecule has 0 aliphatic rings. The van der Waals surface area contributed by atoms with Crippen LogP contribution in [0.4, 0.5) is 11.4 Å². The molecule has 4 N–H and O–H groups in total. The number of benzene rings is 2. The Morgan fingerprint density at radius 1 is 1.19 bits per heavy atom. The Balaban J connectivity index is 2.34. The van der Waals surface area contributed by atoms with Gasteiger partial charge in [0.25, 0.3) is 0 Å². The monoisotopic (exact) mass is 325 g/mol. The molecule has 0 bridgehead atoms. The molecule has 0 spiro atoms. The zero-order chi connectivity index (χ0) is 15.6. The van der Waals surface area contributed by atoms with Gasteiger partial charge in [0.2, 0.25) is 10.0 Å². The minimum Gasteiger partial charge on any atom is -0.399 e. The van der Waals surface area contributed by atoms with Crippen molar-refractivity contribution in [3.05, 3.63) is 53.1 Å². The molecule has 5 nitrogen and oxygen atoms in total. The number of anilines is 2. The van der Waals surface area contributed by atoms with Gasteiger partial charge in [-0.2, -0.15) is 0 Å². The molecule has 21 heavy (non-hydrogen) atoms. The number of hydrogen-bond acceptors (Lipinski definition) is 4. The minimum atomic E-state index is -3.80. The van der Waals surface area contributed by atoms with Crippen LogP contribution in [0.3, 0.4) is 0 Å². The zero-order valence-electron chi connectivity index (χ0n) is 11.5. The number of nitrogens with zero attached hydrogens (tertiary/aromatic N) is 1. The fraction of sp³-hybridized carbons (Fsp3) is 0.143.